The molecule has 1 heterocycles. The van der Waals surface area contributed by atoms with Crippen molar-refractivity contribution in [2.45, 2.75) is 13.5 Å². The molecule has 0 aliphatic carbocycles. The van der Waals surface area contributed by atoms with Crippen molar-refractivity contribution < 1.29 is 14.4 Å². The molecule has 0 unspecified atom stereocenters. The number of amides is 1. The third-order valence-electron chi connectivity index (χ3n) is 2.19. The largest absolute Gasteiger partial charge is 0.507 e. The topological polar surface area (TPSA) is 88.2 Å². The van der Waals surface area contributed by atoms with Gasteiger partial charge in [0.05, 0.1) is 11.0 Å². The zero-order valence-electron chi connectivity index (χ0n) is 9.48. The molecule has 1 aromatic heterocycles. The number of phenolic OH excluding ortho intramolecular Hbond substituents is 1. The van der Waals surface area contributed by atoms with Crippen molar-refractivity contribution in [1.29, 1.82) is 0 Å². The van der Waals surface area contributed by atoms with Crippen LogP contribution in [0.5, 0.6) is 5.75 Å². The quantitative estimate of drug-likeness (QED) is 0.902. The minimum absolute atomic E-state index is 0.0121. The molecule has 1 amide bonds. The highest BCUT2D eigenvalue weighted by Crippen LogP contribution is 2.24. The summed E-state index contributed by atoms with van der Waals surface area (Å²) < 4.78 is 5.31. The van der Waals surface area contributed by atoms with Gasteiger partial charge in [-0.25, -0.2) is 0 Å². The average molecular weight is 312 g/mol. The fraction of sp³-hybridized carbons (Fsp3) is 0.182. The molecule has 0 spiro atoms. The zero-order chi connectivity index (χ0) is 13.1. The molecule has 0 radical (unpaired) electrons. The number of carbonyl (C=O) groups excluding carboxylic acids is 1. The molecule has 0 saturated heterocycles. The first kappa shape index (κ1) is 12.6. The Labute approximate surface area is 111 Å². The van der Waals surface area contributed by atoms with Gasteiger partial charge in [-0.1, -0.05) is 5.16 Å². The number of carbonyl (C=O) groups is 1. The van der Waals surface area contributed by atoms with E-state index >= 15 is 0 Å². The number of halogens is 1. The molecule has 2 N–H and O–H groups in total. The van der Waals surface area contributed by atoms with E-state index in [-0.39, 0.29) is 18.2 Å². The van der Waals surface area contributed by atoms with Crippen LogP contribution in [0, 0.1) is 6.92 Å². The molecule has 2 rings (SSSR count). The Morgan fingerprint density at radius 2 is 2.33 bits per heavy atom. The third-order valence-corrected chi connectivity index (χ3v) is 2.86. The van der Waals surface area contributed by atoms with Crippen LogP contribution in [0.2, 0.25) is 0 Å². The Kier molecular flexibility index (Phi) is 3.61. The highest BCUT2D eigenvalue weighted by Gasteiger charge is 2.09. The van der Waals surface area contributed by atoms with E-state index in [1.54, 1.807) is 19.1 Å². The monoisotopic (exact) mass is 311 g/mol. The van der Waals surface area contributed by atoms with Crippen LogP contribution in [0.4, 0.5) is 0 Å². The van der Waals surface area contributed by atoms with Crippen molar-refractivity contribution in [3.63, 3.8) is 0 Å². The Bertz CT molecular complexity index is 583. The molecule has 1 aromatic carbocycles. The molecule has 7 heteroatoms. The normalized spacial score (nSPS) is 10.3. The summed E-state index contributed by atoms with van der Waals surface area (Å²) in [5, 5.41) is 15.8. The maximum Gasteiger partial charge on any atom is 0.251 e. The average Bonchev–Trinajstić information content (AvgIpc) is 2.75. The highest BCUT2D eigenvalue weighted by molar-refractivity contribution is 9.10. The van der Waals surface area contributed by atoms with Crippen molar-refractivity contribution >= 4 is 21.8 Å². The summed E-state index contributed by atoms with van der Waals surface area (Å²) in [6, 6.07) is 4.57. The Morgan fingerprint density at radius 1 is 1.56 bits per heavy atom. The second-order valence-corrected chi connectivity index (χ2v) is 4.43. The summed E-state index contributed by atoms with van der Waals surface area (Å²) >= 11 is 3.14. The molecule has 0 bridgehead atoms. The van der Waals surface area contributed by atoms with Crippen molar-refractivity contribution in [2.24, 2.45) is 0 Å². The molecular formula is C11H10BrN3O3. The lowest BCUT2D eigenvalue weighted by Gasteiger charge is -2.04. The van der Waals surface area contributed by atoms with Gasteiger partial charge in [-0.05, 0) is 34.1 Å². The second kappa shape index (κ2) is 5.18. The van der Waals surface area contributed by atoms with Crippen LogP contribution in [0.3, 0.4) is 0 Å². The van der Waals surface area contributed by atoms with Crippen LogP contribution < -0.4 is 5.32 Å². The van der Waals surface area contributed by atoms with Crippen molar-refractivity contribution in [1.82, 2.24) is 15.5 Å². The summed E-state index contributed by atoms with van der Waals surface area (Å²) in [6.07, 6.45) is 0. The molecule has 0 atom stereocenters. The predicted molar refractivity (Wildman–Crippen MR) is 66.0 cm³/mol. The van der Waals surface area contributed by atoms with E-state index in [4.69, 9.17) is 4.52 Å². The van der Waals surface area contributed by atoms with E-state index in [9.17, 15) is 9.90 Å². The molecule has 0 saturated carbocycles. The first-order valence-electron chi connectivity index (χ1n) is 5.12. The maximum absolute atomic E-state index is 11.8. The number of aromatic nitrogens is 2. The second-order valence-electron chi connectivity index (χ2n) is 3.58. The molecule has 6 nitrogen and oxygen atoms in total. The summed E-state index contributed by atoms with van der Waals surface area (Å²) in [6.45, 7) is 1.85. The van der Waals surface area contributed by atoms with Gasteiger partial charge in [0, 0.05) is 12.5 Å². The number of hydrogen-bond donors (Lipinski definition) is 2. The van der Waals surface area contributed by atoms with E-state index in [0.717, 1.165) is 0 Å². The highest BCUT2D eigenvalue weighted by atomic mass is 79.9. The fourth-order valence-corrected chi connectivity index (χ4v) is 1.58. The van der Waals surface area contributed by atoms with E-state index < -0.39 is 0 Å². The molecule has 94 valence electrons. The number of benzene rings is 1. The van der Waals surface area contributed by atoms with Crippen molar-refractivity contribution in [3.05, 3.63) is 40.0 Å². The summed E-state index contributed by atoms with van der Waals surface area (Å²) in [5.74, 6) is 0.543. The van der Waals surface area contributed by atoms with Gasteiger partial charge in [0.2, 0.25) is 5.89 Å². The van der Waals surface area contributed by atoms with Gasteiger partial charge in [0.1, 0.15) is 5.75 Å². The van der Waals surface area contributed by atoms with Crippen LogP contribution >= 0.6 is 15.9 Å². The van der Waals surface area contributed by atoms with Gasteiger partial charge in [-0.15, -0.1) is 0 Å². The van der Waals surface area contributed by atoms with Crippen LogP contribution in [-0.4, -0.2) is 21.2 Å². The molecule has 0 aliphatic rings. The first-order chi connectivity index (χ1) is 8.56. The maximum atomic E-state index is 11.8. The number of nitrogens with zero attached hydrogens (tertiary/aromatic N) is 2. The summed E-state index contributed by atoms with van der Waals surface area (Å²) in [5.41, 5.74) is 0.357. The smallest absolute Gasteiger partial charge is 0.251 e. The number of aromatic hydroxyl groups is 1. The van der Waals surface area contributed by atoms with Gasteiger partial charge in [0.25, 0.3) is 5.91 Å². The molecule has 0 aliphatic heterocycles. The van der Waals surface area contributed by atoms with E-state index in [2.05, 4.69) is 31.4 Å². The lowest BCUT2D eigenvalue weighted by atomic mass is 10.2. The lowest BCUT2D eigenvalue weighted by molar-refractivity contribution is 0.0949. The SMILES string of the molecule is Cc1nc(CNC(=O)c2ccc(Br)c(O)c2)no1. The standard InChI is InChI=1S/C11H10BrN3O3/c1-6-14-10(15-18-6)5-13-11(17)7-2-3-8(12)9(16)4-7/h2-4,16H,5H2,1H3,(H,13,17). The predicted octanol–water partition coefficient (Wildman–Crippen LogP) is 1.78. The number of phenols is 1. The number of rotatable bonds is 3. The van der Waals surface area contributed by atoms with Gasteiger partial charge >= 0.3 is 0 Å². The Morgan fingerprint density at radius 3 is 2.94 bits per heavy atom. The summed E-state index contributed by atoms with van der Waals surface area (Å²) in [4.78, 5) is 15.7. The minimum Gasteiger partial charge on any atom is -0.507 e. The molecule has 18 heavy (non-hydrogen) atoms. The minimum atomic E-state index is -0.319. The van der Waals surface area contributed by atoms with Gasteiger partial charge < -0.3 is 14.9 Å². The molecule has 0 fully saturated rings. The van der Waals surface area contributed by atoms with Gasteiger partial charge in [-0.3, -0.25) is 4.79 Å². The Hall–Kier alpha value is -1.89. The van der Waals surface area contributed by atoms with Crippen LogP contribution in [0.25, 0.3) is 0 Å². The Balaban J connectivity index is 2.01. The number of aryl methyl sites for hydroxylation is 1. The van der Waals surface area contributed by atoms with Crippen molar-refractivity contribution in [3.8, 4) is 5.75 Å². The van der Waals surface area contributed by atoms with E-state index in [0.29, 0.717) is 21.8 Å². The van der Waals surface area contributed by atoms with Crippen LogP contribution in [-0.2, 0) is 6.54 Å². The van der Waals surface area contributed by atoms with E-state index in [1.165, 1.54) is 6.07 Å². The van der Waals surface area contributed by atoms with Crippen LogP contribution in [0.1, 0.15) is 22.1 Å². The lowest BCUT2D eigenvalue weighted by Crippen LogP contribution is -2.23. The van der Waals surface area contributed by atoms with Crippen LogP contribution in [0.15, 0.2) is 27.2 Å². The van der Waals surface area contributed by atoms with E-state index in [1.807, 2.05) is 0 Å². The first-order valence-corrected chi connectivity index (χ1v) is 5.91. The zero-order valence-corrected chi connectivity index (χ0v) is 11.1. The van der Waals surface area contributed by atoms with Gasteiger partial charge in [0.15, 0.2) is 5.82 Å². The molecular weight excluding hydrogens is 302 g/mol. The summed E-state index contributed by atoms with van der Waals surface area (Å²) in [7, 11) is 0. The fourth-order valence-electron chi connectivity index (χ4n) is 1.33. The van der Waals surface area contributed by atoms with Gasteiger partial charge in [-0.2, -0.15) is 4.98 Å². The number of nitrogens with one attached hydrogen (secondary N) is 1. The molecule has 2 aromatic rings. The van der Waals surface area contributed by atoms with Crippen molar-refractivity contribution in [2.75, 3.05) is 0 Å². The number of hydrogen-bond acceptors (Lipinski definition) is 5. The third kappa shape index (κ3) is 2.86.